The standard InChI is InChI=1S/C16H17N3O2/c1-3-21-16(20)13-8-12-9-17-14(19-15(12)18-13)11-6-4-10(2)5-7-11/h4-8,18H,3,9H2,1-2H3,(H,17,19). The number of fused-ring (bicyclic) bond motifs is 1. The molecule has 0 saturated heterocycles. The van der Waals surface area contributed by atoms with Crippen molar-refractivity contribution in [3.63, 3.8) is 0 Å². The minimum Gasteiger partial charge on any atom is -0.461 e. The molecule has 2 aromatic rings. The Bertz CT molecular complexity index is 699. The van der Waals surface area contributed by atoms with Crippen LogP contribution in [0, 0.1) is 6.92 Å². The Hall–Kier alpha value is -2.56. The van der Waals surface area contributed by atoms with Gasteiger partial charge in [0.1, 0.15) is 17.3 Å². The molecule has 1 aromatic heterocycles. The number of anilines is 1. The first-order chi connectivity index (χ1) is 10.2. The van der Waals surface area contributed by atoms with Crippen molar-refractivity contribution in [2.75, 3.05) is 11.9 Å². The highest BCUT2D eigenvalue weighted by atomic mass is 16.5. The summed E-state index contributed by atoms with van der Waals surface area (Å²) >= 11 is 0. The first kappa shape index (κ1) is 13.4. The maximum atomic E-state index is 11.7. The molecule has 21 heavy (non-hydrogen) atoms. The van der Waals surface area contributed by atoms with Crippen LogP contribution >= 0.6 is 0 Å². The van der Waals surface area contributed by atoms with Crippen molar-refractivity contribution in [1.82, 2.24) is 4.98 Å². The number of aromatic amines is 1. The summed E-state index contributed by atoms with van der Waals surface area (Å²) in [6.45, 7) is 4.74. The minimum absolute atomic E-state index is 0.342. The van der Waals surface area contributed by atoms with Crippen molar-refractivity contribution in [2.45, 2.75) is 20.4 Å². The molecule has 5 heteroatoms. The Morgan fingerprint density at radius 2 is 2.10 bits per heavy atom. The molecule has 3 rings (SSSR count). The first-order valence-corrected chi connectivity index (χ1v) is 6.95. The van der Waals surface area contributed by atoms with Crippen molar-refractivity contribution in [3.8, 4) is 0 Å². The second-order valence-electron chi connectivity index (χ2n) is 4.96. The van der Waals surface area contributed by atoms with E-state index >= 15 is 0 Å². The third-order valence-electron chi connectivity index (χ3n) is 3.37. The molecular weight excluding hydrogens is 266 g/mol. The summed E-state index contributed by atoms with van der Waals surface area (Å²) in [5.41, 5.74) is 3.66. The van der Waals surface area contributed by atoms with Crippen LogP contribution in [0.3, 0.4) is 0 Å². The van der Waals surface area contributed by atoms with Gasteiger partial charge in [-0.15, -0.1) is 0 Å². The van der Waals surface area contributed by atoms with E-state index < -0.39 is 0 Å². The van der Waals surface area contributed by atoms with Crippen molar-refractivity contribution in [3.05, 3.63) is 52.7 Å². The summed E-state index contributed by atoms with van der Waals surface area (Å²) in [5, 5.41) is 3.24. The lowest BCUT2D eigenvalue weighted by Crippen LogP contribution is -2.18. The Morgan fingerprint density at radius 1 is 1.33 bits per heavy atom. The molecule has 0 amide bonds. The van der Waals surface area contributed by atoms with Crippen molar-refractivity contribution >= 4 is 17.6 Å². The van der Waals surface area contributed by atoms with E-state index in [2.05, 4.69) is 22.2 Å². The second kappa shape index (κ2) is 5.44. The van der Waals surface area contributed by atoms with Gasteiger partial charge in [-0.1, -0.05) is 29.8 Å². The Balaban J connectivity index is 1.82. The fourth-order valence-electron chi connectivity index (χ4n) is 2.25. The summed E-state index contributed by atoms with van der Waals surface area (Å²) in [7, 11) is 0. The number of amidine groups is 1. The van der Waals surface area contributed by atoms with E-state index in [0.29, 0.717) is 18.8 Å². The van der Waals surface area contributed by atoms with Gasteiger partial charge in [0.25, 0.3) is 0 Å². The molecule has 1 aromatic carbocycles. The van der Waals surface area contributed by atoms with E-state index in [1.165, 1.54) is 5.56 Å². The summed E-state index contributed by atoms with van der Waals surface area (Å²) in [4.78, 5) is 19.3. The van der Waals surface area contributed by atoms with Crippen molar-refractivity contribution in [2.24, 2.45) is 4.99 Å². The number of H-pyrrole nitrogens is 1. The third kappa shape index (κ3) is 2.67. The van der Waals surface area contributed by atoms with E-state index in [1.807, 2.05) is 24.3 Å². The molecule has 0 radical (unpaired) electrons. The molecule has 2 heterocycles. The molecule has 0 spiro atoms. The highest BCUT2D eigenvalue weighted by molar-refractivity contribution is 6.09. The van der Waals surface area contributed by atoms with Gasteiger partial charge in [0, 0.05) is 11.1 Å². The highest BCUT2D eigenvalue weighted by Gasteiger charge is 2.19. The van der Waals surface area contributed by atoms with Gasteiger partial charge < -0.3 is 15.0 Å². The van der Waals surface area contributed by atoms with E-state index in [9.17, 15) is 4.79 Å². The van der Waals surface area contributed by atoms with Crippen LogP contribution < -0.4 is 5.32 Å². The number of esters is 1. The quantitative estimate of drug-likeness (QED) is 0.851. The zero-order valence-electron chi connectivity index (χ0n) is 12.1. The zero-order chi connectivity index (χ0) is 14.8. The second-order valence-corrected chi connectivity index (χ2v) is 4.96. The highest BCUT2D eigenvalue weighted by Crippen LogP contribution is 2.23. The number of nitrogens with one attached hydrogen (secondary N) is 2. The monoisotopic (exact) mass is 283 g/mol. The number of nitrogens with zero attached hydrogens (tertiary/aromatic N) is 1. The molecule has 0 bridgehead atoms. The lowest BCUT2D eigenvalue weighted by atomic mass is 10.1. The number of aliphatic imine (C=N–C) groups is 1. The van der Waals surface area contributed by atoms with Gasteiger partial charge >= 0.3 is 5.97 Å². The SMILES string of the molecule is CCOC(=O)c1cc2c([nH]1)NC(c1ccc(C)cc1)=NC2. The number of ether oxygens (including phenoxy) is 1. The van der Waals surface area contributed by atoms with Crippen LogP contribution in [0.4, 0.5) is 5.82 Å². The molecule has 0 aliphatic carbocycles. The van der Waals surface area contributed by atoms with Gasteiger partial charge in [-0.3, -0.25) is 4.99 Å². The summed E-state index contributed by atoms with van der Waals surface area (Å²) < 4.78 is 4.99. The van der Waals surface area contributed by atoms with Gasteiger partial charge in [0.2, 0.25) is 0 Å². The average molecular weight is 283 g/mol. The number of aryl methyl sites for hydroxylation is 1. The molecule has 2 N–H and O–H groups in total. The molecule has 1 aliphatic rings. The molecule has 0 unspecified atom stereocenters. The molecular formula is C16H17N3O2. The number of benzene rings is 1. The number of carbonyl (C=O) groups excluding carboxylic acids is 1. The smallest absolute Gasteiger partial charge is 0.354 e. The predicted molar refractivity (Wildman–Crippen MR) is 81.8 cm³/mol. The lowest BCUT2D eigenvalue weighted by molar-refractivity contribution is 0.0520. The van der Waals surface area contributed by atoms with Crippen LogP contribution in [0.15, 0.2) is 35.3 Å². The molecule has 0 saturated carbocycles. The zero-order valence-corrected chi connectivity index (χ0v) is 12.1. The molecule has 0 atom stereocenters. The van der Waals surface area contributed by atoms with Gasteiger partial charge in [-0.2, -0.15) is 0 Å². The molecule has 108 valence electrons. The van der Waals surface area contributed by atoms with Crippen LogP contribution in [0.25, 0.3) is 0 Å². The minimum atomic E-state index is -0.342. The van der Waals surface area contributed by atoms with Crippen LogP contribution in [0.1, 0.15) is 34.1 Å². The van der Waals surface area contributed by atoms with E-state index in [4.69, 9.17) is 4.74 Å². The molecule has 1 aliphatic heterocycles. The normalized spacial score (nSPS) is 13.1. The fraction of sp³-hybridized carbons (Fsp3) is 0.250. The first-order valence-electron chi connectivity index (χ1n) is 6.95. The summed E-state index contributed by atoms with van der Waals surface area (Å²) in [6, 6.07) is 9.94. The number of rotatable bonds is 3. The van der Waals surface area contributed by atoms with Crippen LogP contribution in [0.2, 0.25) is 0 Å². The van der Waals surface area contributed by atoms with E-state index in [-0.39, 0.29) is 5.97 Å². The largest absolute Gasteiger partial charge is 0.461 e. The summed E-state index contributed by atoms with van der Waals surface area (Å²) in [5.74, 6) is 1.27. The van der Waals surface area contributed by atoms with Crippen molar-refractivity contribution in [1.29, 1.82) is 0 Å². The number of hydrogen-bond donors (Lipinski definition) is 2. The van der Waals surface area contributed by atoms with Crippen LogP contribution in [-0.4, -0.2) is 23.4 Å². The topological polar surface area (TPSA) is 66.5 Å². The number of aromatic nitrogens is 1. The maximum Gasteiger partial charge on any atom is 0.354 e. The van der Waals surface area contributed by atoms with Crippen molar-refractivity contribution < 1.29 is 9.53 Å². The average Bonchev–Trinajstić information content (AvgIpc) is 2.91. The van der Waals surface area contributed by atoms with E-state index in [1.54, 1.807) is 13.0 Å². The molecule has 5 nitrogen and oxygen atoms in total. The van der Waals surface area contributed by atoms with Gasteiger partial charge in [0.15, 0.2) is 0 Å². The maximum absolute atomic E-state index is 11.7. The van der Waals surface area contributed by atoms with Gasteiger partial charge in [-0.05, 0) is 19.9 Å². The van der Waals surface area contributed by atoms with Crippen LogP contribution in [0.5, 0.6) is 0 Å². The van der Waals surface area contributed by atoms with E-state index in [0.717, 1.165) is 22.8 Å². The third-order valence-corrected chi connectivity index (χ3v) is 3.37. The number of hydrogen-bond acceptors (Lipinski definition) is 4. The van der Waals surface area contributed by atoms with Crippen LogP contribution in [-0.2, 0) is 11.3 Å². The Labute approximate surface area is 123 Å². The van der Waals surface area contributed by atoms with Gasteiger partial charge in [-0.25, -0.2) is 4.79 Å². The molecule has 0 fully saturated rings. The Kier molecular flexibility index (Phi) is 3.48. The lowest BCUT2D eigenvalue weighted by Gasteiger charge is -2.15. The number of carbonyl (C=O) groups is 1. The van der Waals surface area contributed by atoms with Gasteiger partial charge in [0.05, 0.1) is 13.2 Å². The fourth-order valence-corrected chi connectivity index (χ4v) is 2.25. The summed E-state index contributed by atoms with van der Waals surface area (Å²) in [6.07, 6.45) is 0. The predicted octanol–water partition coefficient (Wildman–Crippen LogP) is 2.87. The Morgan fingerprint density at radius 3 is 2.81 bits per heavy atom.